The molecule has 0 fully saturated rings. The third kappa shape index (κ3) is 4.17. The van der Waals surface area contributed by atoms with E-state index >= 15 is 0 Å². The molecule has 0 aliphatic rings. The zero-order chi connectivity index (χ0) is 19.2. The summed E-state index contributed by atoms with van der Waals surface area (Å²) >= 11 is 1.30. The van der Waals surface area contributed by atoms with Crippen molar-refractivity contribution in [2.45, 2.75) is 11.8 Å². The second kappa shape index (κ2) is 8.22. The molecule has 3 aromatic rings. The number of benzene rings is 2. The van der Waals surface area contributed by atoms with Gasteiger partial charge in [-0.2, -0.15) is 10.5 Å². The molecule has 6 nitrogen and oxygen atoms in total. The molecule has 1 aromatic heterocycles. The molecule has 132 valence electrons. The summed E-state index contributed by atoms with van der Waals surface area (Å²) in [5.74, 6) is 0.650. The van der Waals surface area contributed by atoms with Crippen LogP contribution in [-0.2, 0) is 6.61 Å². The van der Waals surface area contributed by atoms with Crippen LogP contribution >= 0.6 is 11.8 Å². The van der Waals surface area contributed by atoms with Gasteiger partial charge in [-0.1, -0.05) is 23.9 Å². The third-order valence-corrected chi connectivity index (χ3v) is 4.40. The van der Waals surface area contributed by atoms with Crippen LogP contribution < -0.4 is 10.3 Å². The zero-order valence-corrected chi connectivity index (χ0v) is 15.2. The largest absolute Gasteiger partial charge is 0.489 e. The number of nitrogens with one attached hydrogen (secondary N) is 1. The fourth-order valence-corrected chi connectivity index (χ4v) is 2.79. The lowest BCUT2D eigenvalue weighted by molar-refractivity contribution is 0.306. The fourth-order valence-electron chi connectivity index (χ4n) is 2.41. The van der Waals surface area contributed by atoms with Gasteiger partial charge in [0.1, 0.15) is 24.0 Å². The highest BCUT2D eigenvalue weighted by atomic mass is 32.2. The van der Waals surface area contributed by atoms with Crippen molar-refractivity contribution in [3.8, 4) is 29.1 Å². The Morgan fingerprint density at radius 2 is 1.78 bits per heavy atom. The molecule has 0 saturated heterocycles. The number of aromatic nitrogens is 2. The number of nitrogens with zero attached hydrogens (tertiary/aromatic N) is 3. The average Bonchev–Trinajstić information content (AvgIpc) is 2.72. The van der Waals surface area contributed by atoms with Gasteiger partial charge in [0.05, 0.1) is 17.3 Å². The number of nitriles is 2. The lowest BCUT2D eigenvalue weighted by Gasteiger charge is -2.08. The summed E-state index contributed by atoms with van der Waals surface area (Å²) in [7, 11) is 0. The highest BCUT2D eigenvalue weighted by molar-refractivity contribution is 7.98. The van der Waals surface area contributed by atoms with Crippen LogP contribution in [0.2, 0.25) is 0 Å². The minimum atomic E-state index is -0.451. The first-order valence-electron chi connectivity index (χ1n) is 7.95. The Balaban J connectivity index is 1.79. The van der Waals surface area contributed by atoms with E-state index in [2.05, 4.69) is 16.0 Å². The van der Waals surface area contributed by atoms with E-state index in [9.17, 15) is 10.1 Å². The summed E-state index contributed by atoms with van der Waals surface area (Å²) in [6.07, 6.45) is 1.80. The van der Waals surface area contributed by atoms with Crippen LogP contribution in [0.15, 0.2) is 58.5 Å². The van der Waals surface area contributed by atoms with Crippen molar-refractivity contribution in [1.82, 2.24) is 9.97 Å². The van der Waals surface area contributed by atoms with Gasteiger partial charge < -0.3 is 9.72 Å². The second-order valence-electron chi connectivity index (χ2n) is 5.53. The first-order valence-corrected chi connectivity index (χ1v) is 9.17. The van der Waals surface area contributed by atoms with Gasteiger partial charge in [0.2, 0.25) is 0 Å². The summed E-state index contributed by atoms with van der Waals surface area (Å²) in [5.41, 5.74) is 2.10. The molecular weight excluding hydrogens is 360 g/mol. The van der Waals surface area contributed by atoms with Crippen molar-refractivity contribution in [1.29, 1.82) is 10.5 Å². The van der Waals surface area contributed by atoms with Crippen molar-refractivity contribution in [2.24, 2.45) is 0 Å². The zero-order valence-electron chi connectivity index (χ0n) is 14.4. The molecule has 1 heterocycles. The number of thioether (sulfide) groups is 1. The highest BCUT2D eigenvalue weighted by Crippen LogP contribution is 2.24. The highest BCUT2D eigenvalue weighted by Gasteiger charge is 2.13. The van der Waals surface area contributed by atoms with Crippen LogP contribution in [0.5, 0.6) is 5.75 Å². The topological polar surface area (TPSA) is 103 Å². The molecule has 7 heteroatoms. The lowest BCUT2D eigenvalue weighted by atomic mass is 10.1. The summed E-state index contributed by atoms with van der Waals surface area (Å²) in [6.45, 7) is 0.369. The van der Waals surface area contributed by atoms with Gasteiger partial charge in [0, 0.05) is 5.56 Å². The maximum Gasteiger partial charge on any atom is 0.270 e. The summed E-state index contributed by atoms with van der Waals surface area (Å²) in [5, 5.41) is 18.5. The first kappa shape index (κ1) is 18.2. The lowest BCUT2D eigenvalue weighted by Crippen LogP contribution is -2.14. The van der Waals surface area contributed by atoms with Crippen LogP contribution in [-0.4, -0.2) is 16.2 Å². The van der Waals surface area contributed by atoms with Gasteiger partial charge in [0.25, 0.3) is 5.56 Å². The van der Waals surface area contributed by atoms with Crippen molar-refractivity contribution >= 4 is 11.8 Å². The number of hydrogen-bond donors (Lipinski definition) is 1. The number of hydrogen-bond acceptors (Lipinski definition) is 6. The SMILES string of the molecule is CSc1nc(-c2ccc(OCc3ccc(C#N)cc3)cc2)c(C#N)c(=O)[nH]1. The monoisotopic (exact) mass is 374 g/mol. The molecule has 0 aliphatic heterocycles. The molecule has 27 heavy (non-hydrogen) atoms. The second-order valence-corrected chi connectivity index (χ2v) is 6.33. The van der Waals surface area contributed by atoms with Crippen molar-refractivity contribution < 1.29 is 4.74 Å². The van der Waals surface area contributed by atoms with Crippen LogP contribution in [0.1, 0.15) is 16.7 Å². The Kier molecular flexibility index (Phi) is 5.55. The maximum atomic E-state index is 12.0. The van der Waals surface area contributed by atoms with Gasteiger partial charge >= 0.3 is 0 Å². The van der Waals surface area contributed by atoms with Crippen LogP contribution in [0.4, 0.5) is 0 Å². The first-order chi connectivity index (χ1) is 13.1. The van der Waals surface area contributed by atoms with E-state index in [0.717, 1.165) is 5.56 Å². The predicted molar refractivity (Wildman–Crippen MR) is 102 cm³/mol. The molecule has 0 amide bonds. The van der Waals surface area contributed by atoms with Gasteiger partial charge in [-0.3, -0.25) is 4.79 Å². The Labute approximate surface area is 160 Å². The average molecular weight is 374 g/mol. The molecule has 0 saturated carbocycles. The molecule has 0 radical (unpaired) electrons. The summed E-state index contributed by atoms with van der Waals surface area (Å²) in [6, 6.07) is 18.2. The number of H-pyrrole nitrogens is 1. The van der Waals surface area contributed by atoms with Crippen molar-refractivity contribution in [3.63, 3.8) is 0 Å². The molecule has 1 N–H and O–H groups in total. The van der Waals surface area contributed by atoms with E-state index in [1.807, 2.05) is 18.2 Å². The van der Waals surface area contributed by atoms with Gasteiger partial charge in [0.15, 0.2) is 5.16 Å². The quantitative estimate of drug-likeness (QED) is 0.542. The van der Waals surface area contributed by atoms with Crippen molar-refractivity contribution in [2.75, 3.05) is 6.26 Å². The van der Waals surface area contributed by atoms with Crippen LogP contribution in [0, 0.1) is 22.7 Å². The normalized spacial score (nSPS) is 10.0. The Morgan fingerprint density at radius 3 is 2.37 bits per heavy atom. The Morgan fingerprint density at radius 1 is 1.07 bits per heavy atom. The van der Waals surface area contributed by atoms with Gasteiger partial charge in [-0.25, -0.2) is 4.98 Å². The van der Waals surface area contributed by atoms with E-state index in [1.54, 1.807) is 42.7 Å². The van der Waals surface area contributed by atoms with Crippen molar-refractivity contribution in [3.05, 3.63) is 75.6 Å². The Hall–Kier alpha value is -3.55. The van der Waals surface area contributed by atoms with Crippen LogP contribution in [0.3, 0.4) is 0 Å². The van der Waals surface area contributed by atoms with E-state index in [4.69, 9.17) is 10.00 Å². The Bertz CT molecular complexity index is 1090. The smallest absolute Gasteiger partial charge is 0.270 e. The molecule has 0 atom stereocenters. The number of ether oxygens (including phenoxy) is 1. The molecule has 3 rings (SSSR count). The number of aromatic amines is 1. The van der Waals surface area contributed by atoms with E-state index in [1.165, 1.54) is 11.8 Å². The predicted octanol–water partition coefficient (Wildman–Crippen LogP) is 3.48. The molecule has 0 aliphatic carbocycles. The number of rotatable bonds is 5. The van der Waals surface area contributed by atoms with Gasteiger partial charge in [-0.05, 0) is 48.2 Å². The summed E-state index contributed by atoms with van der Waals surface area (Å²) < 4.78 is 5.74. The van der Waals surface area contributed by atoms with Crippen LogP contribution in [0.25, 0.3) is 11.3 Å². The molecular formula is C20H14N4O2S. The minimum absolute atomic E-state index is 0.0148. The van der Waals surface area contributed by atoms with E-state index < -0.39 is 5.56 Å². The molecule has 0 bridgehead atoms. The summed E-state index contributed by atoms with van der Waals surface area (Å²) in [4.78, 5) is 18.9. The standard InChI is InChI=1S/C20H14N4O2S/c1-27-20-23-18(17(11-22)19(25)24-20)15-6-8-16(9-7-15)26-12-14-4-2-13(10-21)3-5-14/h2-9H,12H2,1H3,(H,23,24,25). The molecule has 0 unspecified atom stereocenters. The molecule has 0 spiro atoms. The maximum absolute atomic E-state index is 12.0. The van der Waals surface area contributed by atoms with E-state index in [0.29, 0.717) is 34.3 Å². The fraction of sp³-hybridized carbons (Fsp3) is 0.100. The third-order valence-electron chi connectivity index (χ3n) is 3.82. The van der Waals surface area contributed by atoms with Gasteiger partial charge in [-0.15, -0.1) is 0 Å². The molecule has 2 aromatic carbocycles. The van der Waals surface area contributed by atoms with E-state index in [-0.39, 0.29) is 5.56 Å². The minimum Gasteiger partial charge on any atom is -0.489 e.